The second kappa shape index (κ2) is 11.9. The number of ether oxygens (including phenoxy) is 1. The summed E-state index contributed by atoms with van der Waals surface area (Å²) in [5.41, 5.74) is 0.717. The molecule has 1 heterocycles. The van der Waals surface area contributed by atoms with Gasteiger partial charge in [-0.3, -0.25) is 14.5 Å². The number of nitrogens with zero attached hydrogens (tertiary/aromatic N) is 2. The van der Waals surface area contributed by atoms with Crippen LogP contribution in [-0.4, -0.2) is 42.0 Å². The molecular formula is C19H27IN2O3. The largest absolute Gasteiger partial charge is 0.469 e. The summed E-state index contributed by atoms with van der Waals surface area (Å²) in [5.74, 6) is -0.0856. The molecule has 0 bridgehead atoms. The Bertz CT molecular complexity index is 563. The van der Waals surface area contributed by atoms with Crippen LogP contribution in [-0.2, 0) is 9.53 Å². The van der Waals surface area contributed by atoms with Crippen molar-refractivity contribution in [3.8, 4) is 0 Å². The third-order valence-corrected chi connectivity index (χ3v) is 4.13. The molecule has 0 radical (unpaired) electrons. The first kappa shape index (κ1) is 21.5. The Morgan fingerprint density at radius 3 is 2.40 bits per heavy atom. The molecule has 0 N–H and O–H groups in total. The van der Waals surface area contributed by atoms with Gasteiger partial charge in [-0.25, -0.2) is 0 Å². The molecule has 0 aromatic heterocycles. The van der Waals surface area contributed by atoms with Crippen molar-refractivity contribution in [2.45, 2.75) is 38.5 Å². The Morgan fingerprint density at radius 2 is 1.68 bits per heavy atom. The lowest BCUT2D eigenvalue weighted by atomic mass is 10.1. The number of methoxy groups -OCH3 is 1. The Kier molecular flexibility index (Phi) is 10.2. The molecule has 1 aliphatic heterocycles. The first-order chi connectivity index (χ1) is 11.7. The van der Waals surface area contributed by atoms with Crippen LogP contribution in [0.1, 0.15) is 48.9 Å². The number of hydrogen-bond donors (Lipinski definition) is 0. The van der Waals surface area contributed by atoms with Gasteiger partial charge in [0, 0.05) is 30.9 Å². The number of carbonyl (C=O) groups excluding carboxylic acids is 2. The van der Waals surface area contributed by atoms with E-state index in [1.54, 1.807) is 4.90 Å². The average Bonchev–Trinajstić information content (AvgIpc) is 3.09. The fourth-order valence-electron chi connectivity index (χ4n) is 2.71. The first-order valence-electron chi connectivity index (χ1n) is 8.56. The van der Waals surface area contributed by atoms with Crippen molar-refractivity contribution in [3.63, 3.8) is 0 Å². The Labute approximate surface area is 167 Å². The summed E-state index contributed by atoms with van der Waals surface area (Å²) < 4.78 is 4.62. The third kappa shape index (κ3) is 7.46. The standard InChI is InChI=1S/C19H26N2O3.HI/c1-24-18(22)12-8-3-2-4-9-13-20-14-15-21(16-20)19(23)17-10-6-5-7-11-17;/h5-7,10-11,14-15H,2-4,8-9,12-13,16H2,1H3;1H. The highest BCUT2D eigenvalue weighted by atomic mass is 127. The maximum Gasteiger partial charge on any atom is 0.305 e. The minimum atomic E-state index is -0.125. The zero-order valence-electron chi connectivity index (χ0n) is 14.7. The van der Waals surface area contributed by atoms with Crippen LogP contribution in [0.15, 0.2) is 42.7 Å². The lowest BCUT2D eigenvalue weighted by Gasteiger charge is -2.20. The van der Waals surface area contributed by atoms with E-state index in [2.05, 4.69) is 9.64 Å². The number of benzene rings is 1. The molecule has 1 aromatic carbocycles. The van der Waals surface area contributed by atoms with Gasteiger partial charge in [0.05, 0.1) is 13.8 Å². The number of amides is 1. The predicted octanol–water partition coefficient (Wildman–Crippen LogP) is 4.00. The van der Waals surface area contributed by atoms with Crippen LogP contribution in [0.25, 0.3) is 0 Å². The molecule has 1 amide bonds. The van der Waals surface area contributed by atoms with E-state index in [0.29, 0.717) is 13.1 Å². The zero-order chi connectivity index (χ0) is 17.2. The number of carbonyl (C=O) groups is 2. The molecule has 0 spiro atoms. The monoisotopic (exact) mass is 458 g/mol. The fraction of sp³-hybridized carbons (Fsp3) is 0.474. The molecule has 6 heteroatoms. The summed E-state index contributed by atoms with van der Waals surface area (Å²) in [6.45, 7) is 1.57. The molecule has 0 fully saturated rings. The van der Waals surface area contributed by atoms with Crippen LogP contribution in [0.2, 0.25) is 0 Å². The number of hydrogen-bond acceptors (Lipinski definition) is 4. The number of halogens is 1. The van der Waals surface area contributed by atoms with Gasteiger partial charge in [0.1, 0.15) is 0 Å². The number of unbranched alkanes of at least 4 members (excludes halogenated alkanes) is 4. The molecule has 0 aliphatic carbocycles. The molecule has 1 aliphatic rings. The Morgan fingerprint density at radius 1 is 1.00 bits per heavy atom. The molecule has 25 heavy (non-hydrogen) atoms. The Balaban J connectivity index is 0.00000312. The molecule has 2 rings (SSSR count). The highest BCUT2D eigenvalue weighted by molar-refractivity contribution is 14.0. The van der Waals surface area contributed by atoms with Gasteiger partial charge in [-0.05, 0) is 25.0 Å². The van der Waals surface area contributed by atoms with Crippen molar-refractivity contribution in [1.29, 1.82) is 0 Å². The highest BCUT2D eigenvalue weighted by Crippen LogP contribution is 2.13. The van der Waals surface area contributed by atoms with Gasteiger partial charge in [0.15, 0.2) is 0 Å². The summed E-state index contributed by atoms with van der Waals surface area (Å²) in [7, 11) is 1.43. The molecule has 0 atom stereocenters. The zero-order valence-corrected chi connectivity index (χ0v) is 17.1. The molecular weight excluding hydrogens is 431 g/mol. The number of rotatable bonds is 9. The van der Waals surface area contributed by atoms with E-state index in [1.807, 2.05) is 42.7 Å². The quantitative estimate of drug-likeness (QED) is 0.319. The topological polar surface area (TPSA) is 49.9 Å². The lowest BCUT2D eigenvalue weighted by Crippen LogP contribution is -2.30. The summed E-state index contributed by atoms with van der Waals surface area (Å²) in [6, 6.07) is 9.35. The fourth-order valence-corrected chi connectivity index (χ4v) is 2.71. The van der Waals surface area contributed by atoms with Crippen molar-refractivity contribution in [1.82, 2.24) is 9.80 Å². The average molecular weight is 458 g/mol. The van der Waals surface area contributed by atoms with Crippen molar-refractivity contribution in [2.75, 3.05) is 20.3 Å². The molecule has 138 valence electrons. The predicted molar refractivity (Wildman–Crippen MR) is 108 cm³/mol. The first-order valence-corrected chi connectivity index (χ1v) is 8.56. The SMILES string of the molecule is COC(=O)CCCCCCCN1C=CN(C(=O)c2ccccc2)C1.I. The van der Waals surface area contributed by atoms with E-state index in [-0.39, 0.29) is 35.9 Å². The lowest BCUT2D eigenvalue weighted by molar-refractivity contribution is -0.140. The molecule has 1 aromatic rings. The second-order valence-electron chi connectivity index (χ2n) is 5.99. The van der Waals surface area contributed by atoms with E-state index >= 15 is 0 Å². The molecule has 0 unspecified atom stereocenters. The van der Waals surface area contributed by atoms with Gasteiger partial charge < -0.3 is 9.64 Å². The van der Waals surface area contributed by atoms with Gasteiger partial charge in [-0.15, -0.1) is 24.0 Å². The van der Waals surface area contributed by atoms with E-state index in [0.717, 1.165) is 44.2 Å². The van der Waals surface area contributed by atoms with Gasteiger partial charge >= 0.3 is 5.97 Å². The van der Waals surface area contributed by atoms with Crippen LogP contribution in [0.3, 0.4) is 0 Å². The van der Waals surface area contributed by atoms with E-state index in [9.17, 15) is 9.59 Å². The van der Waals surface area contributed by atoms with Crippen LogP contribution in [0.5, 0.6) is 0 Å². The van der Waals surface area contributed by atoms with E-state index in [4.69, 9.17) is 0 Å². The minimum absolute atomic E-state index is 0. The minimum Gasteiger partial charge on any atom is -0.469 e. The highest BCUT2D eigenvalue weighted by Gasteiger charge is 2.19. The van der Waals surface area contributed by atoms with Crippen molar-refractivity contribution < 1.29 is 14.3 Å². The smallest absolute Gasteiger partial charge is 0.305 e. The second-order valence-corrected chi connectivity index (χ2v) is 5.99. The molecule has 0 saturated carbocycles. The van der Waals surface area contributed by atoms with Crippen LogP contribution in [0, 0.1) is 0 Å². The summed E-state index contributed by atoms with van der Waals surface area (Å²) in [4.78, 5) is 27.2. The van der Waals surface area contributed by atoms with Crippen molar-refractivity contribution in [2.24, 2.45) is 0 Å². The molecule has 5 nitrogen and oxygen atoms in total. The maximum absolute atomic E-state index is 12.3. The van der Waals surface area contributed by atoms with Gasteiger partial charge in [0.25, 0.3) is 5.91 Å². The molecule has 0 saturated heterocycles. The van der Waals surface area contributed by atoms with Gasteiger partial charge in [0.2, 0.25) is 0 Å². The summed E-state index contributed by atoms with van der Waals surface area (Å²) in [5, 5.41) is 0. The van der Waals surface area contributed by atoms with E-state index in [1.165, 1.54) is 7.11 Å². The summed E-state index contributed by atoms with van der Waals surface area (Å²) in [6.07, 6.45) is 9.67. The van der Waals surface area contributed by atoms with Gasteiger partial charge in [-0.2, -0.15) is 0 Å². The summed E-state index contributed by atoms with van der Waals surface area (Å²) >= 11 is 0. The normalized spacial score (nSPS) is 12.8. The maximum atomic E-state index is 12.3. The third-order valence-electron chi connectivity index (χ3n) is 4.13. The van der Waals surface area contributed by atoms with Crippen molar-refractivity contribution in [3.05, 3.63) is 48.3 Å². The number of esters is 1. The van der Waals surface area contributed by atoms with Gasteiger partial charge in [-0.1, -0.05) is 37.5 Å². The van der Waals surface area contributed by atoms with Crippen LogP contribution < -0.4 is 0 Å². The van der Waals surface area contributed by atoms with Crippen LogP contribution in [0.4, 0.5) is 0 Å². The van der Waals surface area contributed by atoms with Crippen molar-refractivity contribution >= 4 is 35.9 Å². The van der Waals surface area contributed by atoms with Crippen LogP contribution >= 0.6 is 24.0 Å². The van der Waals surface area contributed by atoms with E-state index < -0.39 is 0 Å². The Hall–Kier alpha value is -1.57.